The number of carboxylic acid groups (broad SMARTS) is 1. The van der Waals surface area contributed by atoms with Crippen molar-refractivity contribution in [3.63, 3.8) is 0 Å². The highest BCUT2D eigenvalue weighted by molar-refractivity contribution is 5.90. The van der Waals surface area contributed by atoms with E-state index in [0.29, 0.717) is 25.3 Å². The number of ether oxygens (including phenoxy) is 1. The third-order valence-corrected chi connectivity index (χ3v) is 2.99. The minimum atomic E-state index is -0.899. The highest BCUT2D eigenvalue weighted by Gasteiger charge is 2.18. The summed E-state index contributed by atoms with van der Waals surface area (Å²) in [5.41, 5.74) is 0.783. The second kappa shape index (κ2) is 6.81. The number of rotatable bonds is 7. The maximum absolute atomic E-state index is 11.3. The molecule has 6 heteroatoms. The number of para-hydroxylation sites is 1. The highest BCUT2D eigenvalue weighted by Crippen LogP contribution is 2.19. The Morgan fingerprint density at radius 3 is 2.95 bits per heavy atom. The van der Waals surface area contributed by atoms with Gasteiger partial charge in [0.05, 0.1) is 5.52 Å². The molecule has 0 aliphatic rings. The Morgan fingerprint density at radius 1 is 1.40 bits per heavy atom. The van der Waals surface area contributed by atoms with Crippen LogP contribution in [0.4, 0.5) is 5.82 Å². The predicted molar refractivity (Wildman–Crippen MR) is 75.7 cm³/mol. The number of carbonyl (C=O) groups is 1. The fourth-order valence-corrected chi connectivity index (χ4v) is 1.97. The molecule has 0 fully saturated rings. The first-order valence-corrected chi connectivity index (χ1v) is 6.40. The van der Waals surface area contributed by atoms with Crippen molar-refractivity contribution >= 4 is 22.7 Å². The van der Waals surface area contributed by atoms with Crippen molar-refractivity contribution < 1.29 is 14.6 Å². The summed E-state index contributed by atoms with van der Waals surface area (Å²) >= 11 is 0. The zero-order valence-electron chi connectivity index (χ0n) is 11.2. The molecule has 20 heavy (non-hydrogen) atoms. The maximum Gasteiger partial charge on any atom is 0.326 e. The second-order valence-electron chi connectivity index (χ2n) is 4.41. The minimum absolute atomic E-state index is 0.474. The summed E-state index contributed by atoms with van der Waals surface area (Å²) in [6.45, 7) is 0.538. The zero-order valence-corrected chi connectivity index (χ0v) is 11.2. The van der Waals surface area contributed by atoms with Crippen molar-refractivity contribution in [1.82, 2.24) is 9.97 Å². The van der Waals surface area contributed by atoms with Gasteiger partial charge in [-0.3, -0.25) is 0 Å². The summed E-state index contributed by atoms with van der Waals surface area (Å²) in [5, 5.41) is 13.0. The van der Waals surface area contributed by atoms with Gasteiger partial charge in [0.2, 0.25) is 0 Å². The molecule has 0 spiro atoms. The zero-order chi connectivity index (χ0) is 14.4. The maximum atomic E-state index is 11.3. The topological polar surface area (TPSA) is 84.3 Å². The van der Waals surface area contributed by atoms with Crippen LogP contribution in [0.2, 0.25) is 0 Å². The number of aromatic nitrogens is 2. The number of anilines is 1. The van der Waals surface area contributed by atoms with E-state index in [1.54, 1.807) is 7.11 Å². The number of hydrogen-bond donors (Lipinski definition) is 2. The fraction of sp³-hybridized carbons (Fsp3) is 0.357. The van der Waals surface area contributed by atoms with E-state index in [1.807, 2.05) is 24.3 Å². The molecule has 0 aliphatic carbocycles. The van der Waals surface area contributed by atoms with Crippen LogP contribution in [-0.2, 0) is 9.53 Å². The number of nitrogens with zero attached hydrogens (tertiary/aromatic N) is 2. The van der Waals surface area contributed by atoms with Crippen LogP contribution >= 0.6 is 0 Å². The molecule has 0 saturated heterocycles. The molecule has 0 aliphatic heterocycles. The lowest BCUT2D eigenvalue weighted by molar-refractivity contribution is -0.138. The van der Waals surface area contributed by atoms with Gasteiger partial charge in [-0.25, -0.2) is 14.8 Å². The van der Waals surface area contributed by atoms with Gasteiger partial charge < -0.3 is 15.2 Å². The van der Waals surface area contributed by atoms with E-state index >= 15 is 0 Å². The lowest BCUT2D eigenvalue weighted by Gasteiger charge is -2.15. The Hall–Kier alpha value is -2.21. The SMILES string of the molecule is COCCCC(Nc1ncnc2ccccc12)C(=O)O. The van der Waals surface area contributed by atoms with Crippen LogP contribution in [0.25, 0.3) is 10.9 Å². The lowest BCUT2D eigenvalue weighted by atomic mass is 10.1. The Balaban J connectivity index is 2.18. The van der Waals surface area contributed by atoms with Crippen LogP contribution in [0, 0.1) is 0 Å². The van der Waals surface area contributed by atoms with E-state index in [0.717, 1.165) is 10.9 Å². The van der Waals surface area contributed by atoms with E-state index in [1.165, 1.54) is 6.33 Å². The molecule has 6 nitrogen and oxygen atoms in total. The lowest BCUT2D eigenvalue weighted by Crippen LogP contribution is -2.30. The van der Waals surface area contributed by atoms with Gasteiger partial charge in [-0.15, -0.1) is 0 Å². The number of carboxylic acids is 1. The van der Waals surface area contributed by atoms with Crippen LogP contribution in [0.15, 0.2) is 30.6 Å². The molecule has 0 saturated carbocycles. The first-order valence-electron chi connectivity index (χ1n) is 6.40. The van der Waals surface area contributed by atoms with Gasteiger partial charge in [-0.2, -0.15) is 0 Å². The molecule has 106 valence electrons. The van der Waals surface area contributed by atoms with E-state index in [9.17, 15) is 9.90 Å². The van der Waals surface area contributed by atoms with Gasteiger partial charge in [0.1, 0.15) is 18.2 Å². The monoisotopic (exact) mass is 275 g/mol. The Kier molecular flexibility index (Phi) is 4.84. The molecule has 1 heterocycles. The summed E-state index contributed by atoms with van der Waals surface area (Å²) in [6, 6.07) is 6.79. The smallest absolute Gasteiger partial charge is 0.326 e. The summed E-state index contributed by atoms with van der Waals surface area (Å²) < 4.78 is 4.95. The van der Waals surface area contributed by atoms with E-state index < -0.39 is 12.0 Å². The van der Waals surface area contributed by atoms with E-state index in [4.69, 9.17) is 4.74 Å². The molecule has 0 amide bonds. The molecule has 1 atom stereocenters. The molecular formula is C14H17N3O3. The normalized spacial score (nSPS) is 12.2. The summed E-state index contributed by atoms with van der Waals surface area (Å²) in [4.78, 5) is 19.6. The summed E-state index contributed by atoms with van der Waals surface area (Å²) in [7, 11) is 1.60. The number of hydrogen-bond acceptors (Lipinski definition) is 5. The first-order chi connectivity index (χ1) is 9.72. The van der Waals surface area contributed by atoms with Crippen LogP contribution in [-0.4, -0.2) is 40.8 Å². The molecule has 0 radical (unpaired) electrons. The van der Waals surface area contributed by atoms with Crippen LogP contribution in [0.5, 0.6) is 0 Å². The Labute approximate surface area is 116 Å². The van der Waals surface area contributed by atoms with Crippen molar-refractivity contribution in [2.75, 3.05) is 19.0 Å². The van der Waals surface area contributed by atoms with Gasteiger partial charge in [0, 0.05) is 19.1 Å². The predicted octanol–water partition coefficient (Wildman–Crippen LogP) is 1.92. The Bertz CT molecular complexity index is 583. The average Bonchev–Trinajstić information content (AvgIpc) is 2.46. The van der Waals surface area contributed by atoms with E-state index in [2.05, 4.69) is 15.3 Å². The number of nitrogens with one attached hydrogen (secondary N) is 1. The van der Waals surface area contributed by atoms with Gasteiger partial charge in [-0.05, 0) is 25.0 Å². The van der Waals surface area contributed by atoms with Crippen molar-refractivity contribution in [2.45, 2.75) is 18.9 Å². The standard InChI is InChI=1S/C14H17N3O3/c1-20-8-4-7-12(14(18)19)17-13-10-5-2-3-6-11(10)15-9-16-13/h2-3,5-6,9,12H,4,7-8H2,1H3,(H,18,19)(H,15,16,17). The first kappa shape index (κ1) is 14.2. The number of aliphatic carboxylic acids is 1. The molecule has 1 aromatic heterocycles. The van der Waals surface area contributed by atoms with Crippen molar-refractivity contribution in [1.29, 1.82) is 0 Å². The van der Waals surface area contributed by atoms with Crippen LogP contribution in [0.3, 0.4) is 0 Å². The molecule has 2 N–H and O–H groups in total. The third kappa shape index (κ3) is 3.42. The number of methoxy groups -OCH3 is 1. The summed E-state index contributed by atoms with van der Waals surface area (Å²) in [6.07, 6.45) is 2.57. The quantitative estimate of drug-likeness (QED) is 0.751. The van der Waals surface area contributed by atoms with Crippen LogP contribution in [0.1, 0.15) is 12.8 Å². The van der Waals surface area contributed by atoms with E-state index in [-0.39, 0.29) is 0 Å². The molecule has 2 aromatic rings. The molecular weight excluding hydrogens is 258 g/mol. The molecule has 1 aromatic carbocycles. The van der Waals surface area contributed by atoms with Crippen molar-refractivity contribution in [2.24, 2.45) is 0 Å². The summed E-state index contributed by atoms with van der Waals surface area (Å²) in [5.74, 6) is -0.357. The Morgan fingerprint density at radius 2 is 2.20 bits per heavy atom. The fourth-order valence-electron chi connectivity index (χ4n) is 1.97. The largest absolute Gasteiger partial charge is 0.480 e. The molecule has 0 bridgehead atoms. The van der Waals surface area contributed by atoms with Crippen LogP contribution < -0.4 is 5.32 Å². The van der Waals surface area contributed by atoms with Gasteiger partial charge >= 0.3 is 5.97 Å². The third-order valence-electron chi connectivity index (χ3n) is 2.99. The highest BCUT2D eigenvalue weighted by atomic mass is 16.5. The number of fused-ring (bicyclic) bond motifs is 1. The van der Waals surface area contributed by atoms with Gasteiger partial charge in [0.25, 0.3) is 0 Å². The molecule has 2 rings (SSSR count). The molecule has 1 unspecified atom stereocenters. The van der Waals surface area contributed by atoms with Crippen molar-refractivity contribution in [3.05, 3.63) is 30.6 Å². The van der Waals surface area contributed by atoms with Crippen molar-refractivity contribution in [3.8, 4) is 0 Å². The second-order valence-corrected chi connectivity index (χ2v) is 4.41. The van der Waals surface area contributed by atoms with Gasteiger partial charge in [0.15, 0.2) is 0 Å². The minimum Gasteiger partial charge on any atom is -0.480 e. The number of benzene rings is 1. The average molecular weight is 275 g/mol. The van der Waals surface area contributed by atoms with Gasteiger partial charge in [-0.1, -0.05) is 12.1 Å².